The van der Waals surface area contributed by atoms with E-state index in [1.54, 1.807) is 6.20 Å². The van der Waals surface area contributed by atoms with Crippen molar-refractivity contribution >= 4 is 11.9 Å². The minimum Gasteiger partial charge on any atom is -0.354 e. The van der Waals surface area contributed by atoms with Crippen molar-refractivity contribution in [1.82, 2.24) is 14.9 Å². The van der Waals surface area contributed by atoms with Crippen LogP contribution >= 0.6 is 0 Å². The van der Waals surface area contributed by atoms with Crippen LogP contribution in [0.25, 0.3) is 0 Å². The van der Waals surface area contributed by atoms with E-state index in [4.69, 9.17) is 0 Å². The first-order valence-electron chi connectivity index (χ1n) is 5.74. The fourth-order valence-electron chi connectivity index (χ4n) is 1.37. The minimum atomic E-state index is -0.265. The molecule has 0 radical (unpaired) electrons. The van der Waals surface area contributed by atoms with Gasteiger partial charge in [0.15, 0.2) is 0 Å². The van der Waals surface area contributed by atoms with Gasteiger partial charge in [-0.25, -0.2) is 4.98 Å². The molecule has 16 heavy (non-hydrogen) atoms. The average molecular weight is 224 g/mol. The molecule has 0 aliphatic heterocycles. The molecule has 0 aliphatic carbocycles. The molecule has 0 aliphatic rings. The quantitative estimate of drug-likeness (QED) is 0.764. The average Bonchev–Trinajstić information content (AvgIpc) is 2.72. The Kier molecular flexibility index (Phi) is 4.82. The summed E-state index contributed by atoms with van der Waals surface area (Å²) >= 11 is 0. The summed E-state index contributed by atoms with van der Waals surface area (Å²) in [6.45, 7) is 7.45. The van der Waals surface area contributed by atoms with Gasteiger partial charge in [0, 0.05) is 25.5 Å². The molecule has 0 aromatic carbocycles. The number of aryl methyl sites for hydroxylation is 1. The molecule has 1 unspecified atom stereocenters. The van der Waals surface area contributed by atoms with Crippen LogP contribution in [0.4, 0.5) is 5.95 Å². The first-order chi connectivity index (χ1) is 7.69. The van der Waals surface area contributed by atoms with E-state index < -0.39 is 0 Å². The number of anilines is 1. The summed E-state index contributed by atoms with van der Waals surface area (Å²) in [6, 6.07) is -0.265. The number of hydrogen-bond acceptors (Lipinski definition) is 3. The standard InChI is InChI=1S/C11H20N4O/c1-4-6-12-10(16)9(3)14-11-13-7-8-15(11)5-2/h7-9H,4-6H2,1-3H3,(H,12,16)(H,13,14). The summed E-state index contributed by atoms with van der Waals surface area (Å²) in [5.74, 6) is 0.745. The lowest BCUT2D eigenvalue weighted by atomic mass is 10.3. The summed E-state index contributed by atoms with van der Waals surface area (Å²) in [5.41, 5.74) is 0. The van der Waals surface area contributed by atoms with Crippen LogP contribution in [0.2, 0.25) is 0 Å². The van der Waals surface area contributed by atoms with Crippen LogP contribution in [0.5, 0.6) is 0 Å². The number of carbonyl (C=O) groups excluding carboxylic acids is 1. The van der Waals surface area contributed by atoms with Gasteiger partial charge < -0.3 is 15.2 Å². The van der Waals surface area contributed by atoms with Crippen LogP contribution in [0.15, 0.2) is 12.4 Å². The third-order valence-electron chi connectivity index (χ3n) is 2.34. The summed E-state index contributed by atoms with van der Waals surface area (Å²) < 4.78 is 1.96. The molecule has 1 aromatic rings. The Morgan fingerprint density at radius 1 is 1.56 bits per heavy atom. The lowest BCUT2D eigenvalue weighted by Gasteiger charge is -2.15. The molecule has 0 saturated heterocycles. The number of nitrogens with zero attached hydrogens (tertiary/aromatic N) is 2. The fourth-order valence-corrected chi connectivity index (χ4v) is 1.37. The van der Waals surface area contributed by atoms with Gasteiger partial charge >= 0.3 is 0 Å². The van der Waals surface area contributed by atoms with Crippen molar-refractivity contribution in [1.29, 1.82) is 0 Å². The zero-order valence-corrected chi connectivity index (χ0v) is 10.2. The van der Waals surface area contributed by atoms with E-state index in [-0.39, 0.29) is 11.9 Å². The Balaban J connectivity index is 2.50. The summed E-state index contributed by atoms with van der Waals surface area (Å²) in [4.78, 5) is 15.8. The second-order valence-electron chi connectivity index (χ2n) is 3.69. The van der Waals surface area contributed by atoms with Gasteiger partial charge in [-0.1, -0.05) is 6.92 Å². The predicted octanol–water partition coefficient (Wildman–Crippen LogP) is 1.23. The van der Waals surface area contributed by atoms with Crippen molar-refractivity contribution in [2.24, 2.45) is 0 Å². The third-order valence-corrected chi connectivity index (χ3v) is 2.34. The van der Waals surface area contributed by atoms with E-state index in [2.05, 4.69) is 15.6 Å². The van der Waals surface area contributed by atoms with Gasteiger partial charge in [0.05, 0.1) is 0 Å². The van der Waals surface area contributed by atoms with Gasteiger partial charge in [0.2, 0.25) is 11.9 Å². The smallest absolute Gasteiger partial charge is 0.242 e. The SMILES string of the molecule is CCCNC(=O)C(C)Nc1nccn1CC. The first-order valence-corrected chi connectivity index (χ1v) is 5.74. The molecule has 1 amide bonds. The lowest BCUT2D eigenvalue weighted by molar-refractivity contribution is -0.121. The fraction of sp³-hybridized carbons (Fsp3) is 0.636. The molecule has 0 bridgehead atoms. The van der Waals surface area contributed by atoms with Crippen LogP contribution in [0.3, 0.4) is 0 Å². The summed E-state index contributed by atoms with van der Waals surface area (Å²) in [6.07, 6.45) is 4.56. The molecule has 1 atom stereocenters. The molecule has 1 aromatic heterocycles. The van der Waals surface area contributed by atoms with Crippen LogP contribution in [-0.2, 0) is 11.3 Å². The van der Waals surface area contributed by atoms with Gasteiger partial charge in [-0.3, -0.25) is 4.79 Å². The molecule has 0 saturated carbocycles. The number of rotatable bonds is 6. The van der Waals surface area contributed by atoms with Gasteiger partial charge in [0.1, 0.15) is 6.04 Å². The van der Waals surface area contributed by atoms with Crippen LogP contribution in [-0.4, -0.2) is 28.0 Å². The van der Waals surface area contributed by atoms with E-state index >= 15 is 0 Å². The van der Waals surface area contributed by atoms with Crippen molar-refractivity contribution in [2.75, 3.05) is 11.9 Å². The van der Waals surface area contributed by atoms with Crippen molar-refractivity contribution in [3.05, 3.63) is 12.4 Å². The zero-order valence-electron chi connectivity index (χ0n) is 10.2. The normalized spacial score (nSPS) is 12.2. The van der Waals surface area contributed by atoms with Crippen molar-refractivity contribution in [3.8, 4) is 0 Å². The van der Waals surface area contributed by atoms with Gasteiger partial charge in [0.25, 0.3) is 0 Å². The maximum absolute atomic E-state index is 11.6. The monoisotopic (exact) mass is 224 g/mol. The third kappa shape index (κ3) is 3.25. The zero-order chi connectivity index (χ0) is 12.0. The molecule has 2 N–H and O–H groups in total. The molecule has 5 heteroatoms. The maximum atomic E-state index is 11.6. The number of hydrogen-bond donors (Lipinski definition) is 2. The number of imidazole rings is 1. The predicted molar refractivity (Wildman–Crippen MR) is 64.3 cm³/mol. The van der Waals surface area contributed by atoms with Crippen LogP contribution < -0.4 is 10.6 Å². The maximum Gasteiger partial charge on any atom is 0.242 e. The van der Waals surface area contributed by atoms with Crippen molar-refractivity contribution in [3.63, 3.8) is 0 Å². The van der Waals surface area contributed by atoms with E-state index in [9.17, 15) is 4.79 Å². The highest BCUT2D eigenvalue weighted by Crippen LogP contribution is 2.05. The molecular weight excluding hydrogens is 204 g/mol. The highest BCUT2D eigenvalue weighted by atomic mass is 16.2. The molecule has 90 valence electrons. The Hall–Kier alpha value is -1.52. The second-order valence-corrected chi connectivity index (χ2v) is 3.69. The Morgan fingerprint density at radius 2 is 2.31 bits per heavy atom. The molecular formula is C11H20N4O. The molecule has 1 rings (SSSR count). The van der Waals surface area contributed by atoms with Gasteiger partial charge in [-0.05, 0) is 20.3 Å². The van der Waals surface area contributed by atoms with E-state index in [0.717, 1.165) is 18.9 Å². The van der Waals surface area contributed by atoms with Crippen LogP contribution in [0.1, 0.15) is 27.2 Å². The van der Waals surface area contributed by atoms with E-state index in [1.807, 2.05) is 31.5 Å². The number of nitrogens with one attached hydrogen (secondary N) is 2. The van der Waals surface area contributed by atoms with Crippen LogP contribution in [0, 0.1) is 0 Å². The number of amides is 1. The lowest BCUT2D eigenvalue weighted by Crippen LogP contribution is -2.38. The molecule has 0 spiro atoms. The highest BCUT2D eigenvalue weighted by Gasteiger charge is 2.13. The van der Waals surface area contributed by atoms with Gasteiger partial charge in [-0.15, -0.1) is 0 Å². The number of carbonyl (C=O) groups is 1. The minimum absolute atomic E-state index is 0.00695. The Morgan fingerprint density at radius 3 is 2.94 bits per heavy atom. The largest absolute Gasteiger partial charge is 0.354 e. The first kappa shape index (κ1) is 12.5. The van der Waals surface area contributed by atoms with Crippen molar-refractivity contribution < 1.29 is 4.79 Å². The topological polar surface area (TPSA) is 59.0 Å². The number of aromatic nitrogens is 2. The highest BCUT2D eigenvalue weighted by molar-refractivity contribution is 5.83. The second kappa shape index (κ2) is 6.15. The molecule has 1 heterocycles. The Bertz CT molecular complexity index is 334. The Labute approximate surface area is 96.3 Å². The van der Waals surface area contributed by atoms with E-state index in [0.29, 0.717) is 6.54 Å². The van der Waals surface area contributed by atoms with Crippen molar-refractivity contribution in [2.45, 2.75) is 39.8 Å². The van der Waals surface area contributed by atoms with Gasteiger partial charge in [-0.2, -0.15) is 0 Å². The molecule has 5 nitrogen and oxygen atoms in total. The summed E-state index contributed by atoms with van der Waals surface area (Å²) in [7, 11) is 0. The molecule has 0 fully saturated rings. The summed E-state index contributed by atoms with van der Waals surface area (Å²) in [5, 5.41) is 5.93. The van der Waals surface area contributed by atoms with E-state index in [1.165, 1.54) is 0 Å².